The average Bonchev–Trinajstić information content (AvgIpc) is 2.67. The highest BCUT2D eigenvalue weighted by molar-refractivity contribution is 6.31. The third-order valence-electron chi connectivity index (χ3n) is 3.97. The molecule has 0 radical (unpaired) electrons. The smallest absolute Gasteiger partial charge is 0.0438 e. The fraction of sp³-hybridized carbons (Fsp3) is 0.571. The molecule has 0 amide bonds. The van der Waals surface area contributed by atoms with Gasteiger partial charge in [-0.05, 0) is 42.4 Å². The molecule has 3 unspecified atom stereocenters. The molecule has 2 N–H and O–H groups in total. The van der Waals surface area contributed by atoms with E-state index in [9.17, 15) is 0 Å². The van der Waals surface area contributed by atoms with Crippen LogP contribution in [0.2, 0.25) is 5.02 Å². The van der Waals surface area contributed by atoms with E-state index in [1.165, 1.54) is 24.8 Å². The molecule has 1 aliphatic carbocycles. The summed E-state index contributed by atoms with van der Waals surface area (Å²) in [5.74, 6) is 1.37. The van der Waals surface area contributed by atoms with Gasteiger partial charge in [-0.2, -0.15) is 0 Å². The largest absolute Gasteiger partial charge is 0.324 e. The van der Waals surface area contributed by atoms with E-state index in [1.807, 2.05) is 13.0 Å². The van der Waals surface area contributed by atoms with Crippen LogP contribution in [0.4, 0.5) is 0 Å². The minimum atomic E-state index is 0.149. The standard InChI is InChI=1S/C14H20ClN/c1-9-4-3-5-12(9)14(16)11-7-6-10(2)13(15)8-11/h6-9,12,14H,3-5,16H2,1-2H3. The van der Waals surface area contributed by atoms with Gasteiger partial charge in [0.1, 0.15) is 0 Å². The van der Waals surface area contributed by atoms with Gasteiger partial charge in [0, 0.05) is 11.1 Å². The summed E-state index contributed by atoms with van der Waals surface area (Å²) in [6.45, 7) is 4.34. The van der Waals surface area contributed by atoms with E-state index in [2.05, 4.69) is 19.1 Å². The highest BCUT2D eigenvalue weighted by Crippen LogP contribution is 2.39. The van der Waals surface area contributed by atoms with E-state index in [-0.39, 0.29) is 6.04 Å². The maximum Gasteiger partial charge on any atom is 0.0438 e. The van der Waals surface area contributed by atoms with Crippen molar-refractivity contribution in [3.63, 3.8) is 0 Å². The molecular formula is C14H20ClN. The number of aryl methyl sites for hydroxylation is 1. The Labute approximate surface area is 103 Å². The molecule has 1 aromatic carbocycles. The van der Waals surface area contributed by atoms with Crippen molar-refractivity contribution in [1.29, 1.82) is 0 Å². The fourth-order valence-corrected chi connectivity index (χ4v) is 2.96. The molecule has 1 aliphatic rings. The number of nitrogens with two attached hydrogens (primary N) is 1. The van der Waals surface area contributed by atoms with E-state index in [0.29, 0.717) is 5.92 Å². The Hall–Kier alpha value is -0.530. The van der Waals surface area contributed by atoms with Gasteiger partial charge in [-0.25, -0.2) is 0 Å². The summed E-state index contributed by atoms with van der Waals surface area (Å²) < 4.78 is 0. The van der Waals surface area contributed by atoms with Crippen LogP contribution >= 0.6 is 11.6 Å². The molecule has 2 rings (SSSR count). The molecule has 0 aliphatic heterocycles. The van der Waals surface area contributed by atoms with Crippen LogP contribution in [0.3, 0.4) is 0 Å². The summed E-state index contributed by atoms with van der Waals surface area (Å²) in [6, 6.07) is 6.37. The summed E-state index contributed by atoms with van der Waals surface area (Å²) in [5, 5.41) is 0.832. The van der Waals surface area contributed by atoms with Crippen molar-refractivity contribution in [2.24, 2.45) is 17.6 Å². The van der Waals surface area contributed by atoms with E-state index in [0.717, 1.165) is 16.5 Å². The lowest BCUT2D eigenvalue weighted by Gasteiger charge is -2.24. The Morgan fingerprint density at radius 1 is 1.38 bits per heavy atom. The lowest BCUT2D eigenvalue weighted by Crippen LogP contribution is -2.23. The molecule has 0 heterocycles. The first-order chi connectivity index (χ1) is 7.59. The second-order valence-electron chi connectivity index (χ2n) is 5.11. The van der Waals surface area contributed by atoms with Crippen molar-refractivity contribution in [3.05, 3.63) is 34.3 Å². The van der Waals surface area contributed by atoms with Crippen LogP contribution in [0, 0.1) is 18.8 Å². The molecule has 1 saturated carbocycles. The zero-order chi connectivity index (χ0) is 11.7. The van der Waals surface area contributed by atoms with Gasteiger partial charge in [0.2, 0.25) is 0 Å². The lowest BCUT2D eigenvalue weighted by molar-refractivity contribution is 0.351. The van der Waals surface area contributed by atoms with Gasteiger partial charge in [0.05, 0.1) is 0 Å². The van der Waals surface area contributed by atoms with Crippen molar-refractivity contribution in [3.8, 4) is 0 Å². The topological polar surface area (TPSA) is 26.0 Å². The van der Waals surface area contributed by atoms with Crippen LogP contribution in [0.15, 0.2) is 18.2 Å². The van der Waals surface area contributed by atoms with Gasteiger partial charge in [-0.15, -0.1) is 0 Å². The summed E-state index contributed by atoms with van der Waals surface area (Å²) in [5.41, 5.74) is 8.66. The minimum Gasteiger partial charge on any atom is -0.324 e. The number of benzene rings is 1. The number of hydrogen-bond donors (Lipinski definition) is 1. The van der Waals surface area contributed by atoms with Gasteiger partial charge in [0.15, 0.2) is 0 Å². The first kappa shape index (κ1) is 11.9. The number of rotatable bonds is 2. The monoisotopic (exact) mass is 237 g/mol. The third-order valence-corrected chi connectivity index (χ3v) is 4.38. The molecule has 0 saturated heterocycles. The van der Waals surface area contributed by atoms with Gasteiger partial charge in [0.25, 0.3) is 0 Å². The molecule has 1 aromatic rings. The molecule has 0 bridgehead atoms. The quantitative estimate of drug-likeness (QED) is 0.824. The van der Waals surface area contributed by atoms with Crippen molar-refractivity contribution in [2.75, 3.05) is 0 Å². The fourth-order valence-electron chi connectivity index (χ4n) is 2.77. The number of halogens is 1. The highest BCUT2D eigenvalue weighted by Gasteiger charge is 2.29. The Morgan fingerprint density at radius 3 is 2.69 bits per heavy atom. The van der Waals surface area contributed by atoms with Crippen LogP contribution in [0.1, 0.15) is 43.4 Å². The molecule has 1 nitrogen and oxygen atoms in total. The first-order valence-corrected chi connectivity index (χ1v) is 6.49. The number of hydrogen-bond acceptors (Lipinski definition) is 1. The van der Waals surface area contributed by atoms with E-state index in [4.69, 9.17) is 17.3 Å². The molecule has 16 heavy (non-hydrogen) atoms. The Balaban J connectivity index is 2.20. The highest BCUT2D eigenvalue weighted by atomic mass is 35.5. The first-order valence-electron chi connectivity index (χ1n) is 6.11. The van der Waals surface area contributed by atoms with Crippen LogP contribution < -0.4 is 5.73 Å². The third kappa shape index (κ3) is 2.26. The Morgan fingerprint density at radius 2 is 2.12 bits per heavy atom. The van der Waals surface area contributed by atoms with E-state index in [1.54, 1.807) is 0 Å². The molecular weight excluding hydrogens is 218 g/mol. The second-order valence-corrected chi connectivity index (χ2v) is 5.51. The maximum atomic E-state index is 6.35. The molecule has 3 atom stereocenters. The summed E-state index contributed by atoms with van der Waals surface area (Å²) >= 11 is 6.15. The molecule has 0 aromatic heterocycles. The predicted molar refractivity (Wildman–Crippen MR) is 69.6 cm³/mol. The van der Waals surface area contributed by atoms with Crippen molar-refractivity contribution < 1.29 is 0 Å². The van der Waals surface area contributed by atoms with E-state index < -0.39 is 0 Å². The zero-order valence-electron chi connectivity index (χ0n) is 10.0. The van der Waals surface area contributed by atoms with Crippen molar-refractivity contribution >= 4 is 11.6 Å². The van der Waals surface area contributed by atoms with Crippen LogP contribution in [-0.2, 0) is 0 Å². The Bertz CT molecular complexity index is 375. The SMILES string of the molecule is Cc1ccc(C(N)C2CCCC2C)cc1Cl. The van der Waals surface area contributed by atoms with Crippen LogP contribution in [0.5, 0.6) is 0 Å². The Kier molecular flexibility index (Phi) is 3.56. The molecule has 1 fully saturated rings. The van der Waals surface area contributed by atoms with Gasteiger partial charge in [-0.1, -0.05) is 43.5 Å². The summed E-state index contributed by atoms with van der Waals surface area (Å²) in [6.07, 6.45) is 3.89. The van der Waals surface area contributed by atoms with Crippen LogP contribution in [-0.4, -0.2) is 0 Å². The zero-order valence-corrected chi connectivity index (χ0v) is 10.8. The van der Waals surface area contributed by atoms with E-state index >= 15 is 0 Å². The molecule has 0 spiro atoms. The minimum absolute atomic E-state index is 0.149. The van der Waals surface area contributed by atoms with Crippen molar-refractivity contribution in [1.82, 2.24) is 0 Å². The normalized spacial score (nSPS) is 27.0. The van der Waals surface area contributed by atoms with Gasteiger partial charge < -0.3 is 5.73 Å². The molecule has 88 valence electrons. The van der Waals surface area contributed by atoms with Crippen LogP contribution in [0.25, 0.3) is 0 Å². The van der Waals surface area contributed by atoms with Gasteiger partial charge >= 0.3 is 0 Å². The summed E-state index contributed by atoms with van der Waals surface area (Å²) in [4.78, 5) is 0. The maximum absolute atomic E-state index is 6.35. The average molecular weight is 238 g/mol. The summed E-state index contributed by atoms with van der Waals surface area (Å²) in [7, 11) is 0. The lowest BCUT2D eigenvalue weighted by atomic mass is 9.86. The van der Waals surface area contributed by atoms with Gasteiger partial charge in [-0.3, -0.25) is 0 Å². The second kappa shape index (κ2) is 4.77. The molecule has 2 heteroatoms. The predicted octanol–water partition coefficient (Wildman–Crippen LogP) is 4.08. The van der Waals surface area contributed by atoms with Crippen molar-refractivity contribution in [2.45, 2.75) is 39.2 Å².